The minimum absolute atomic E-state index is 0.0219. The Labute approximate surface area is 175 Å². The van der Waals surface area contributed by atoms with Gasteiger partial charge in [-0.1, -0.05) is 48.4 Å². The molecule has 29 heavy (non-hydrogen) atoms. The molecular formula is C23H24ClNO4. The predicted molar refractivity (Wildman–Crippen MR) is 111 cm³/mol. The Morgan fingerprint density at radius 1 is 0.966 bits per heavy atom. The topological polar surface area (TPSA) is 72.5 Å². The number of ether oxygens (including phenoxy) is 1. The molecule has 1 aliphatic rings. The normalized spacial score (nSPS) is 14.5. The SMILES string of the molecule is O=C(COC(=O)CCC(=O)c1ccc(Cl)cc1)NCC1(c2ccccc2)CCC1. The Morgan fingerprint density at radius 3 is 2.28 bits per heavy atom. The summed E-state index contributed by atoms with van der Waals surface area (Å²) in [5.41, 5.74) is 1.70. The zero-order valence-corrected chi connectivity index (χ0v) is 16.9. The monoisotopic (exact) mass is 413 g/mol. The smallest absolute Gasteiger partial charge is 0.306 e. The molecule has 1 amide bonds. The van der Waals surface area contributed by atoms with Gasteiger partial charge in [0, 0.05) is 29.0 Å². The van der Waals surface area contributed by atoms with Gasteiger partial charge in [0.25, 0.3) is 5.91 Å². The number of carbonyl (C=O) groups is 3. The molecule has 0 saturated heterocycles. The fourth-order valence-electron chi connectivity index (χ4n) is 3.50. The number of Topliss-reactive ketones (excluding diaryl/α,β-unsaturated/α-hetero) is 1. The summed E-state index contributed by atoms with van der Waals surface area (Å²) in [7, 11) is 0. The second kappa shape index (κ2) is 9.70. The first-order chi connectivity index (χ1) is 14.0. The number of esters is 1. The fraction of sp³-hybridized carbons (Fsp3) is 0.348. The highest BCUT2D eigenvalue weighted by Crippen LogP contribution is 2.43. The summed E-state index contributed by atoms with van der Waals surface area (Å²) >= 11 is 5.79. The highest BCUT2D eigenvalue weighted by molar-refractivity contribution is 6.30. The van der Waals surface area contributed by atoms with Crippen molar-refractivity contribution in [2.45, 2.75) is 37.5 Å². The number of amides is 1. The summed E-state index contributed by atoms with van der Waals surface area (Å²) in [4.78, 5) is 36.0. The third-order valence-electron chi connectivity index (χ3n) is 5.41. The fourth-order valence-corrected chi connectivity index (χ4v) is 3.62. The Kier molecular flexibility index (Phi) is 7.04. The third-order valence-corrected chi connectivity index (χ3v) is 5.66. The lowest BCUT2D eigenvalue weighted by molar-refractivity contribution is -0.148. The Hall–Kier alpha value is -2.66. The van der Waals surface area contributed by atoms with Crippen LogP contribution < -0.4 is 5.32 Å². The van der Waals surface area contributed by atoms with Crippen LogP contribution in [0, 0.1) is 0 Å². The summed E-state index contributed by atoms with van der Waals surface area (Å²) in [5.74, 6) is -1.06. The molecule has 152 valence electrons. The Bertz CT molecular complexity index is 860. The van der Waals surface area contributed by atoms with Crippen molar-refractivity contribution in [1.29, 1.82) is 0 Å². The van der Waals surface area contributed by atoms with Gasteiger partial charge in [0.1, 0.15) is 0 Å². The van der Waals surface area contributed by atoms with E-state index in [-0.39, 0.29) is 36.6 Å². The number of halogens is 1. The second-order valence-electron chi connectivity index (χ2n) is 7.37. The molecule has 6 heteroatoms. The van der Waals surface area contributed by atoms with Crippen molar-refractivity contribution in [1.82, 2.24) is 5.32 Å². The molecule has 0 aliphatic heterocycles. The van der Waals surface area contributed by atoms with E-state index in [9.17, 15) is 14.4 Å². The van der Waals surface area contributed by atoms with E-state index in [1.807, 2.05) is 18.2 Å². The first-order valence-electron chi connectivity index (χ1n) is 9.75. The van der Waals surface area contributed by atoms with Crippen molar-refractivity contribution in [2.24, 2.45) is 0 Å². The van der Waals surface area contributed by atoms with Gasteiger partial charge in [-0.25, -0.2) is 0 Å². The van der Waals surface area contributed by atoms with E-state index in [2.05, 4.69) is 17.4 Å². The van der Waals surface area contributed by atoms with Crippen LogP contribution in [0.1, 0.15) is 48.0 Å². The van der Waals surface area contributed by atoms with Crippen molar-refractivity contribution >= 4 is 29.3 Å². The van der Waals surface area contributed by atoms with Crippen molar-refractivity contribution < 1.29 is 19.1 Å². The molecule has 5 nitrogen and oxygen atoms in total. The van der Waals surface area contributed by atoms with Crippen molar-refractivity contribution in [3.8, 4) is 0 Å². The number of nitrogens with one attached hydrogen (secondary N) is 1. The number of ketones is 1. The highest BCUT2D eigenvalue weighted by atomic mass is 35.5. The molecule has 1 aliphatic carbocycles. The standard InChI is InChI=1S/C23H24ClNO4/c24-19-9-7-17(8-10-19)20(26)11-12-22(28)29-15-21(27)25-16-23(13-4-14-23)18-5-2-1-3-6-18/h1-3,5-10H,4,11-16H2,(H,25,27). The summed E-state index contributed by atoms with van der Waals surface area (Å²) < 4.78 is 5.01. The summed E-state index contributed by atoms with van der Waals surface area (Å²) in [6.45, 7) is 0.196. The molecule has 2 aromatic rings. The van der Waals surface area contributed by atoms with Crippen LogP contribution in [0.15, 0.2) is 54.6 Å². The van der Waals surface area contributed by atoms with Crippen LogP contribution in [0.25, 0.3) is 0 Å². The molecule has 0 unspecified atom stereocenters. The molecule has 0 atom stereocenters. The van der Waals surface area contributed by atoms with E-state index in [1.54, 1.807) is 24.3 Å². The van der Waals surface area contributed by atoms with E-state index >= 15 is 0 Å². The molecule has 1 fully saturated rings. The average molecular weight is 414 g/mol. The van der Waals surface area contributed by atoms with Crippen LogP contribution >= 0.6 is 11.6 Å². The van der Waals surface area contributed by atoms with Crippen molar-refractivity contribution in [3.05, 3.63) is 70.7 Å². The Balaban J connectivity index is 1.38. The number of hydrogen-bond acceptors (Lipinski definition) is 4. The molecule has 0 aromatic heterocycles. The van der Waals surface area contributed by atoms with Crippen LogP contribution in [-0.2, 0) is 19.7 Å². The van der Waals surface area contributed by atoms with Crippen LogP contribution in [0.4, 0.5) is 0 Å². The molecule has 2 aromatic carbocycles. The maximum Gasteiger partial charge on any atom is 0.306 e. The predicted octanol–water partition coefficient (Wildman–Crippen LogP) is 4.08. The summed E-state index contributed by atoms with van der Waals surface area (Å²) in [5, 5.41) is 3.42. The van der Waals surface area contributed by atoms with E-state index in [0.717, 1.165) is 19.3 Å². The van der Waals surface area contributed by atoms with Crippen molar-refractivity contribution in [2.75, 3.05) is 13.2 Å². The number of benzene rings is 2. The molecule has 0 radical (unpaired) electrons. The quantitative estimate of drug-likeness (QED) is 0.496. The largest absolute Gasteiger partial charge is 0.456 e. The van der Waals surface area contributed by atoms with Gasteiger partial charge >= 0.3 is 5.97 Å². The zero-order chi connectivity index (χ0) is 20.7. The molecule has 0 spiro atoms. The van der Waals surface area contributed by atoms with Crippen LogP contribution in [0.2, 0.25) is 5.02 Å². The lowest BCUT2D eigenvalue weighted by Gasteiger charge is -2.42. The number of carbonyl (C=O) groups excluding carboxylic acids is 3. The van der Waals surface area contributed by atoms with Gasteiger partial charge in [-0.05, 0) is 42.7 Å². The van der Waals surface area contributed by atoms with Crippen LogP contribution in [-0.4, -0.2) is 30.8 Å². The first-order valence-corrected chi connectivity index (χ1v) is 10.1. The van der Waals surface area contributed by atoms with Crippen molar-refractivity contribution in [3.63, 3.8) is 0 Å². The number of hydrogen-bond donors (Lipinski definition) is 1. The van der Waals surface area contributed by atoms with Gasteiger partial charge in [0.2, 0.25) is 0 Å². The summed E-state index contributed by atoms with van der Waals surface area (Å²) in [6.07, 6.45) is 3.16. The zero-order valence-electron chi connectivity index (χ0n) is 16.2. The van der Waals surface area contributed by atoms with Crippen LogP contribution in [0.5, 0.6) is 0 Å². The highest BCUT2D eigenvalue weighted by Gasteiger charge is 2.38. The molecule has 1 saturated carbocycles. The summed E-state index contributed by atoms with van der Waals surface area (Å²) in [6, 6.07) is 16.6. The third kappa shape index (κ3) is 5.67. The minimum atomic E-state index is -0.566. The van der Waals surface area contributed by atoms with E-state index in [4.69, 9.17) is 16.3 Å². The molecule has 0 bridgehead atoms. The van der Waals surface area contributed by atoms with Crippen LogP contribution in [0.3, 0.4) is 0 Å². The molecule has 0 heterocycles. The van der Waals surface area contributed by atoms with Gasteiger partial charge in [-0.2, -0.15) is 0 Å². The first kappa shape index (κ1) is 21.1. The minimum Gasteiger partial charge on any atom is -0.456 e. The second-order valence-corrected chi connectivity index (χ2v) is 7.80. The lowest BCUT2D eigenvalue weighted by atomic mass is 9.64. The van der Waals surface area contributed by atoms with E-state index < -0.39 is 5.97 Å². The number of rotatable bonds is 9. The average Bonchev–Trinajstić information content (AvgIpc) is 2.71. The van der Waals surface area contributed by atoms with E-state index in [1.165, 1.54) is 5.56 Å². The maximum atomic E-state index is 12.1. The van der Waals surface area contributed by atoms with Gasteiger partial charge in [-0.3, -0.25) is 14.4 Å². The molecule has 1 N–H and O–H groups in total. The van der Waals surface area contributed by atoms with Gasteiger partial charge in [-0.15, -0.1) is 0 Å². The van der Waals surface area contributed by atoms with E-state index in [0.29, 0.717) is 17.1 Å². The van der Waals surface area contributed by atoms with Gasteiger partial charge in [0.05, 0.1) is 6.42 Å². The molecule has 3 rings (SSSR count). The molecular weight excluding hydrogens is 390 g/mol. The maximum absolute atomic E-state index is 12.1. The van der Waals surface area contributed by atoms with Gasteiger partial charge < -0.3 is 10.1 Å². The van der Waals surface area contributed by atoms with Gasteiger partial charge in [0.15, 0.2) is 12.4 Å². The Morgan fingerprint density at radius 2 is 1.66 bits per heavy atom. The lowest BCUT2D eigenvalue weighted by Crippen LogP contribution is -2.46.